The van der Waals surface area contributed by atoms with Crippen LogP contribution in [0.15, 0.2) is 18.7 Å². The highest BCUT2D eigenvalue weighted by atomic mass is 15.3. The third-order valence-corrected chi connectivity index (χ3v) is 2.39. The molecule has 0 spiro atoms. The quantitative estimate of drug-likeness (QED) is 0.813. The van der Waals surface area contributed by atoms with Crippen LogP contribution in [0, 0.1) is 0 Å². The van der Waals surface area contributed by atoms with Gasteiger partial charge in [0.25, 0.3) is 0 Å². The average molecular weight is 233 g/mol. The van der Waals surface area contributed by atoms with Crippen molar-refractivity contribution in [2.75, 3.05) is 17.7 Å². The number of aryl methyl sites for hydroxylation is 1. The molecule has 7 nitrogen and oxygen atoms in total. The Morgan fingerprint density at radius 1 is 1.29 bits per heavy atom. The third-order valence-electron chi connectivity index (χ3n) is 2.39. The molecule has 17 heavy (non-hydrogen) atoms. The second-order valence-electron chi connectivity index (χ2n) is 3.71. The Balaban J connectivity index is 2.13. The monoisotopic (exact) mass is 233 g/mol. The van der Waals surface area contributed by atoms with Crippen LogP contribution >= 0.6 is 0 Å². The van der Waals surface area contributed by atoms with Gasteiger partial charge < -0.3 is 15.2 Å². The fourth-order valence-electron chi connectivity index (χ4n) is 1.53. The second-order valence-corrected chi connectivity index (χ2v) is 3.71. The van der Waals surface area contributed by atoms with Gasteiger partial charge in [0.1, 0.15) is 18.0 Å². The smallest absolute Gasteiger partial charge is 0.154 e. The fourth-order valence-corrected chi connectivity index (χ4v) is 1.53. The van der Waals surface area contributed by atoms with Crippen molar-refractivity contribution in [2.24, 2.45) is 7.05 Å². The normalized spacial score (nSPS) is 12.2. The molecule has 0 aliphatic carbocycles. The first-order valence-corrected chi connectivity index (χ1v) is 5.31. The maximum atomic E-state index is 4.33. The summed E-state index contributed by atoms with van der Waals surface area (Å²) in [4.78, 5) is 8.41. The van der Waals surface area contributed by atoms with Gasteiger partial charge in [-0.05, 0) is 6.92 Å². The minimum atomic E-state index is 0.0175. The van der Waals surface area contributed by atoms with Crippen LogP contribution in [-0.4, -0.2) is 31.8 Å². The van der Waals surface area contributed by atoms with Crippen molar-refractivity contribution in [2.45, 2.75) is 13.0 Å². The molecule has 0 saturated carbocycles. The first-order valence-electron chi connectivity index (χ1n) is 5.31. The van der Waals surface area contributed by atoms with Gasteiger partial charge in [-0.2, -0.15) is 0 Å². The molecule has 7 heteroatoms. The van der Waals surface area contributed by atoms with Gasteiger partial charge in [0.05, 0.1) is 18.4 Å². The highest BCUT2D eigenvalue weighted by Gasteiger charge is 2.11. The van der Waals surface area contributed by atoms with Crippen LogP contribution in [0.3, 0.4) is 0 Å². The van der Waals surface area contributed by atoms with E-state index in [1.54, 1.807) is 25.8 Å². The molecular formula is C10H15N7. The summed E-state index contributed by atoms with van der Waals surface area (Å²) in [5.74, 6) is 2.27. The molecule has 2 heterocycles. The molecule has 0 fully saturated rings. The molecule has 1 unspecified atom stereocenters. The van der Waals surface area contributed by atoms with Gasteiger partial charge in [-0.15, -0.1) is 10.2 Å². The van der Waals surface area contributed by atoms with Crippen molar-refractivity contribution >= 4 is 11.6 Å². The van der Waals surface area contributed by atoms with Crippen molar-refractivity contribution in [3.05, 3.63) is 24.5 Å². The highest BCUT2D eigenvalue weighted by Crippen LogP contribution is 2.15. The standard InChI is InChI=1S/C10H15N7/c1-7(10-16-13-6-17(10)3)14-9-5-12-4-8(11-2)15-9/h4-7H,1-3H3,(H2,11,14,15). The van der Waals surface area contributed by atoms with Crippen LogP contribution in [0.4, 0.5) is 11.6 Å². The van der Waals surface area contributed by atoms with E-state index in [9.17, 15) is 0 Å². The van der Waals surface area contributed by atoms with Crippen molar-refractivity contribution in [3.8, 4) is 0 Å². The lowest BCUT2D eigenvalue weighted by Gasteiger charge is -2.13. The number of hydrogen-bond acceptors (Lipinski definition) is 6. The molecule has 0 amide bonds. The Morgan fingerprint density at radius 3 is 2.71 bits per heavy atom. The molecule has 0 aliphatic rings. The van der Waals surface area contributed by atoms with E-state index < -0.39 is 0 Å². The summed E-state index contributed by atoms with van der Waals surface area (Å²) in [6.07, 6.45) is 5.01. The Labute approximate surface area is 99.3 Å². The SMILES string of the molecule is CNc1cncc(NC(C)c2nncn2C)n1. The maximum Gasteiger partial charge on any atom is 0.154 e. The first kappa shape index (κ1) is 11.3. The van der Waals surface area contributed by atoms with E-state index in [-0.39, 0.29) is 6.04 Å². The second kappa shape index (κ2) is 4.77. The van der Waals surface area contributed by atoms with Gasteiger partial charge in [-0.25, -0.2) is 4.98 Å². The van der Waals surface area contributed by atoms with Crippen LogP contribution in [0.2, 0.25) is 0 Å². The van der Waals surface area contributed by atoms with E-state index in [4.69, 9.17) is 0 Å². The number of aromatic nitrogens is 5. The van der Waals surface area contributed by atoms with Gasteiger partial charge in [0, 0.05) is 14.1 Å². The molecule has 0 bridgehead atoms. The fraction of sp³-hybridized carbons (Fsp3) is 0.400. The van der Waals surface area contributed by atoms with Crippen molar-refractivity contribution in [1.29, 1.82) is 0 Å². The van der Waals surface area contributed by atoms with Gasteiger partial charge in [-0.3, -0.25) is 4.98 Å². The van der Waals surface area contributed by atoms with Crippen LogP contribution in [0.1, 0.15) is 18.8 Å². The summed E-state index contributed by atoms with van der Waals surface area (Å²) in [6.45, 7) is 2.00. The average Bonchev–Trinajstić information content (AvgIpc) is 2.76. The van der Waals surface area contributed by atoms with E-state index in [0.717, 1.165) is 11.6 Å². The lowest BCUT2D eigenvalue weighted by atomic mass is 10.3. The minimum Gasteiger partial charge on any atom is -0.372 e. The number of nitrogens with zero attached hydrogens (tertiary/aromatic N) is 5. The van der Waals surface area contributed by atoms with Gasteiger partial charge in [0.15, 0.2) is 5.82 Å². The molecular weight excluding hydrogens is 218 g/mol. The Morgan fingerprint density at radius 2 is 2.06 bits per heavy atom. The number of anilines is 2. The van der Waals surface area contributed by atoms with Crippen LogP contribution in [-0.2, 0) is 7.05 Å². The molecule has 0 aromatic carbocycles. The predicted octanol–water partition coefficient (Wildman–Crippen LogP) is 0.820. The zero-order chi connectivity index (χ0) is 12.3. The summed E-state index contributed by atoms with van der Waals surface area (Å²) in [7, 11) is 3.71. The lowest BCUT2D eigenvalue weighted by Crippen LogP contribution is -2.13. The van der Waals surface area contributed by atoms with Crippen molar-refractivity contribution in [1.82, 2.24) is 24.7 Å². The zero-order valence-electron chi connectivity index (χ0n) is 10.0. The predicted molar refractivity (Wildman–Crippen MR) is 64.6 cm³/mol. The third kappa shape index (κ3) is 2.49. The molecule has 90 valence electrons. The Hall–Kier alpha value is -2.18. The summed E-state index contributed by atoms with van der Waals surface area (Å²) in [5.41, 5.74) is 0. The summed E-state index contributed by atoms with van der Waals surface area (Å²) >= 11 is 0. The Bertz CT molecular complexity index is 493. The molecule has 2 aromatic rings. The largest absolute Gasteiger partial charge is 0.372 e. The molecule has 0 radical (unpaired) electrons. The zero-order valence-corrected chi connectivity index (χ0v) is 10.0. The van der Waals surface area contributed by atoms with E-state index in [1.165, 1.54) is 0 Å². The van der Waals surface area contributed by atoms with Crippen LogP contribution in [0.5, 0.6) is 0 Å². The van der Waals surface area contributed by atoms with E-state index in [2.05, 4.69) is 30.8 Å². The van der Waals surface area contributed by atoms with Gasteiger partial charge in [0.2, 0.25) is 0 Å². The molecule has 0 saturated heterocycles. The van der Waals surface area contributed by atoms with Crippen LogP contribution in [0.25, 0.3) is 0 Å². The maximum absolute atomic E-state index is 4.33. The number of rotatable bonds is 4. The van der Waals surface area contributed by atoms with Crippen LogP contribution < -0.4 is 10.6 Å². The first-order chi connectivity index (χ1) is 8.20. The van der Waals surface area contributed by atoms with E-state index in [0.29, 0.717) is 5.82 Å². The topological polar surface area (TPSA) is 80.5 Å². The van der Waals surface area contributed by atoms with E-state index in [1.807, 2.05) is 18.5 Å². The van der Waals surface area contributed by atoms with Crippen molar-refractivity contribution in [3.63, 3.8) is 0 Å². The molecule has 1 atom stereocenters. The molecule has 2 aromatic heterocycles. The van der Waals surface area contributed by atoms with E-state index >= 15 is 0 Å². The van der Waals surface area contributed by atoms with Gasteiger partial charge in [-0.1, -0.05) is 0 Å². The number of hydrogen-bond donors (Lipinski definition) is 2. The summed E-state index contributed by atoms with van der Waals surface area (Å²) in [6, 6.07) is 0.0175. The summed E-state index contributed by atoms with van der Waals surface area (Å²) < 4.78 is 1.87. The highest BCUT2D eigenvalue weighted by molar-refractivity contribution is 5.41. The van der Waals surface area contributed by atoms with Crippen molar-refractivity contribution < 1.29 is 0 Å². The molecule has 2 rings (SSSR count). The van der Waals surface area contributed by atoms with Gasteiger partial charge >= 0.3 is 0 Å². The minimum absolute atomic E-state index is 0.0175. The summed E-state index contributed by atoms with van der Waals surface area (Å²) in [5, 5.41) is 14.0. The number of nitrogens with one attached hydrogen (secondary N) is 2. The Kier molecular flexibility index (Phi) is 3.17. The molecule has 0 aliphatic heterocycles. The lowest BCUT2D eigenvalue weighted by molar-refractivity contribution is 0.716. The molecule has 2 N–H and O–H groups in total.